The van der Waals surface area contributed by atoms with Gasteiger partial charge in [0.2, 0.25) is 5.91 Å². The van der Waals surface area contributed by atoms with E-state index in [2.05, 4.69) is 5.32 Å². The second-order valence-electron chi connectivity index (χ2n) is 4.66. The standard InChI is InChI=1S/C16H16FNO2/c1-11-6-8-14(15(19)10-11)18-16(20)9-7-12-4-2-3-5-13(12)17/h2-6,8,10,19H,7,9H2,1H3,(H,18,20). The Morgan fingerprint density at radius 1 is 1.25 bits per heavy atom. The van der Waals surface area contributed by atoms with Gasteiger partial charge in [0.25, 0.3) is 0 Å². The lowest BCUT2D eigenvalue weighted by molar-refractivity contribution is -0.116. The fraction of sp³-hybridized carbons (Fsp3) is 0.188. The molecule has 0 aliphatic carbocycles. The molecule has 4 heteroatoms. The average molecular weight is 273 g/mol. The molecule has 2 aromatic carbocycles. The fourth-order valence-corrected chi connectivity index (χ4v) is 1.91. The number of hydrogen-bond donors (Lipinski definition) is 2. The van der Waals surface area contributed by atoms with Gasteiger partial charge in [-0.25, -0.2) is 4.39 Å². The number of rotatable bonds is 4. The topological polar surface area (TPSA) is 49.3 Å². The van der Waals surface area contributed by atoms with Crippen molar-refractivity contribution < 1.29 is 14.3 Å². The van der Waals surface area contributed by atoms with Crippen molar-refractivity contribution in [2.45, 2.75) is 19.8 Å². The molecular weight excluding hydrogens is 257 g/mol. The molecular formula is C16H16FNO2. The SMILES string of the molecule is Cc1ccc(NC(=O)CCc2ccccc2F)c(O)c1. The van der Waals surface area contributed by atoms with Gasteiger partial charge in [0.05, 0.1) is 5.69 Å². The summed E-state index contributed by atoms with van der Waals surface area (Å²) in [6, 6.07) is 11.4. The van der Waals surface area contributed by atoms with Crippen molar-refractivity contribution in [3.8, 4) is 5.75 Å². The quantitative estimate of drug-likeness (QED) is 0.839. The number of hydrogen-bond acceptors (Lipinski definition) is 2. The number of phenolic OH excluding ortho intramolecular Hbond substituents is 1. The predicted octanol–water partition coefficient (Wildman–Crippen LogP) is 3.41. The van der Waals surface area contributed by atoms with E-state index in [1.807, 2.05) is 6.92 Å². The van der Waals surface area contributed by atoms with E-state index in [4.69, 9.17) is 0 Å². The molecule has 0 saturated carbocycles. The first kappa shape index (κ1) is 14.1. The van der Waals surface area contributed by atoms with E-state index in [0.29, 0.717) is 17.7 Å². The molecule has 0 atom stereocenters. The van der Waals surface area contributed by atoms with Gasteiger partial charge in [0.1, 0.15) is 11.6 Å². The highest BCUT2D eigenvalue weighted by Crippen LogP contribution is 2.24. The largest absolute Gasteiger partial charge is 0.506 e. The first-order valence-electron chi connectivity index (χ1n) is 6.39. The first-order valence-corrected chi connectivity index (χ1v) is 6.39. The van der Waals surface area contributed by atoms with Crippen LogP contribution in [-0.2, 0) is 11.2 Å². The third-order valence-electron chi connectivity index (χ3n) is 3.01. The first-order chi connectivity index (χ1) is 9.56. The molecule has 0 bridgehead atoms. The summed E-state index contributed by atoms with van der Waals surface area (Å²) < 4.78 is 13.4. The second-order valence-corrected chi connectivity index (χ2v) is 4.66. The van der Waals surface area contributed by atoms with Gasteiger partial charge in [-0.05, 0) is 42.7 Å². The fourth-order valence-electron chi connectivity index (χ4n) is 1.91. The molecule has 3 nitrogen and oxygen atoms in total. The molecule has 0 saturated heterocycles. The number of carbonyl (C=O) groups excluding carboxylic acids is 1. The Balaban J connectivity index is 1.94. The van der Waals surface area contributed by atoms with Crippen LogP contribution in [0.5, 0.6) is 5.75 Å². The van der Waals surface area contributed by atoms with E-state index in [-0.39, 0.29) is 23.9 Å². The Labute approximate surface area is 117 Å². The Morgan fingerprint density at radius 3 is 2.70 bits per heavy atom. The molecule has 0 spiro atoms. The van der Waals surface area contributed by atoms with Crippen molar-refractivity contribution in [1.82, 2.24) is 0 Å². The van der Waals surface area contributed by atoms with Crippen LogP contribution in [0.4, 0.5) is 10.1 Å². The Bertz CT molecular complexity index is 626. The van der Waals surface area contributed by atoms with Crippen LogP contribution < -0.4 is 5.32 Å². The van der Waals surface area contributed by atoms with E-state index in [9.17, 15) is 14.3 Å². The lowest BCUT2D eigenvalue weighted by atomic mass is 10.1. The van der Waals surface area contributed by atoms with Crippen LogP contribution in [0.3, 0.4) is 0 Å². The number of anilines is 1. The van der Waals surface area contributed by atoms with Crippen molar-refractivity contribution >= 4 is 11.6 Å². The highest BCUT2D eigenvalue weighted by atomic mass is 19.1. The second kappa shape index (κ2) is 6.19. The van der Waals surface area contributed by atoms with Gasteiger partial charge in [-0.15, -0.1) is 0 Å². The molecule has 0 radical (unpaired) electrons. The van der Waals surface area contributed by atoms with E-state index >= 15 is 0 Å². The number of phenols is 1. The van der Waals surface area contributed by atoms with Crippen molar-refractivity contribution in [1.29, 1.82) is 0 Å². The lowest BCUT2D eigenvalue weighted by Crippen LogP contribution is -2.12. The van der Waals surface area contributed by atoms with Crippen LogP contribution in [-0.4, -0.2) is 11.0 Å². The number of benzene rings is 2. The molecule has 0 fully saturated rings. The third kappa shape index (κ3) is 3.57. The van der Waals surface area contributed by atoms with E-state index in [0.717, 1.165) is 5.56 Å². The number of carbonyl (C=O) groups is 1. The Kier molecular flexibility index (Phi) is 4.35. The van der Waals surface area contributed by atoms with Crippen LogP contribution in [0.2, 0.25) is 0 Å². The van der Waals surface area contributed by atoms with Crippen LogP contribution in [0.25, 0.3) is 0 Å². The minimum atomic E-state index is -0.307. The number of amides is 1. The van der Waals surface area contributed by atoms with Crippen LogP contribution in [0, 0.1) is 12.7 Å². The average Bonchev–Trinajstić information content (AvgIpc) is 2.41. The minimum absolute atomic E-state index is 0.0317. The summed E-state index contributed by atoms with van der Waals surface area (Å²) in [5, 5.41) is 12.3. The molecule has 1 amide bonds. The smallest absolute Gasteiger partial charge is 0.224 e. The monoisotopic (exact) mass is 273 g/mol. The summed E-state index contributed by atoms with van der Waals surface area (Å²) in [5.74, 6) is -0.532. The van der Waals surface area contributed by atoms with Gasteiger partial charge in [0, 0.05) is 6.42 Å². The van der Waals surface area contributed by atoms with Crippen LogP contribution >= 0.6 is 0 Å². The molecule has 20 heavy (non-hydrogen) atoms. The summed E-state index contributed by atoms with van der Waals surface area (Å²) in [7, 11) is 0. The molecule has 0 aliphatic rings. The van der Waals surface area contributed by atoms with E-state index < -0.39 is 0 Å². The third-order valence-corrected chi connectivity index (χ3v) is 3.01. The van der Waals surface area contributed by atoms with E-state index in [1.165, 1.54) is 6.07 Å². The molecule has 0 aromatic heterocycles. The van der Waals surface area contributed by atoms with Crippen molar-refractivity contribution in [2.75, 3.05) is 5.32 Å². The molecule has 0 unspecified atom stereocenters. The van der Waals surface area contributed by atoms with Gasteiger partial charge in [-0.1, -0.05) is 24.3 Å². The zero-order chi connectivity index (χ0) is 14.5. The molecule has 2 rings (SSSR count). The van der Waals surface area contributed by atoms with Crippen molar-refractivity contribution in [3.63, 3.8) is 0 Å². The predicted molar refractivity (Wildman–Crippen MR) is 76.2 cm³/mol. The summed E-state index contributed by atoms with van der Waals surface area (Å²) in [4.78, 5) is 11.8. The molecule has 104 valence electrons. The molecule has 2 aromatic rings. The minimum Gasteiger partial charge on any atom is -0.506 e. The zero-order valence-electron chi connectivity index (χ0n) is 11.2. The Morgan fingerprint density at radius 2 is 2.00 bits per heavy atom. The van der Waals surface area contributed by atoms with Crippen molar-refractivity contribution in [2.24, 2.45) is 0 Å². The van der Waals surface area contributed by atoms with E-state index in [1.54, 1.807) is 36.4 Å². The lowest BCUT2D eigenvalue weighted by Gasteiger charge is -2.08. The number of halogens is 1. The van der Waals surface area contributed by atoms with Gasteiger partial charge >= 0.3 is 0 Å². The number of nitrogens with one attached hydrogen (secondary N) is 1. The van der Waals surface area contributed by atoms with Crippen LogP contribution in [0.1, 0.15) is 17.5 Å². The molecule has 0 aliphatic heterocycles. The summed E-state index contributed by atoms with van der Waals surface area (Å²) in [6.07, 6.45) is 0.485. The molecule has 2 N–H and O–H groups in total. The number of aromatic hydroxyl groups is 1. The maximum Gasteiger partial charge on any atom is 0.224 e. The number of aryl methyl sites for hydroxylation is 2. The van der Waals surface area contributed by atoms with Gasteiger partial charge in [0.15, 0.2) is 0 Å². The summed E-state index contributed by atoms with van der Waals surface area (Å²) >= 11 is 0. The Hall–Kier alpha value is -2.36. The van der Waals surface area contributed by atoms with Crippen LogP contribution in [0.15, 0.2) is 42.5 Å². The maximum absolute atomic E-state index is 13.4. The van der Waals surface area contributed by atoms with Gasteiger partial charge in [-0.3, -0.25) is 4.79 Å². The summed E-state index contributed by atoms with van der Waals surface area (Å²) in [5.41, 5.74) is 1.79. The van der Waals surface area contributed by atoms with Crippen molar-refractivity contribution in [3.05, 3.63) is 59.4 Å². The molecule has 0 heterocycles. The highest BCUT2D eigenvalue weighted by molar-refractivity contribution is 5.92. The van der Waals surface area contributed by atoms with Gasteiger partial charge < -0.3 is 10.4 Å². The highest BCUT2D eigenvalue weighted by Gasteiger charge is 2.08. The maximum atomic E-state index is 13.4. The normalized spacial score (nSPS) is 10.3. The zero-order valence-corrected chi connectivity index (χ0v) is 11.2. The van der Waals surface area contributed by atoms with Gasteiger partial charge in [-0.2, -0.15) is 0 Å². The summed E-state index contributed by atoms with van der Waals surface area (Å²) in [6.45, 7) is 1.85.